The fourth-order valence-electron chi connectivity index (χ4n) is 1.15. The van der Waals surface area contributed by atoms with Crippen LogP contribution in [0.3, 0.4) is 0 Å². The molecule has 0 bridgehead atoms. The van der Waals surface area contributed by atoms with Crippen LogP contribution in [-0.4, -0.2) is 56.0 Å². The van der Waals surface area contributed by atoms with Gasteiger partial charge < -0.3 is 26.7 Å². The Hall–Kier alpha value is -0.290. The Morgan fingerprint density at radius 2 is 2.00 bits per heavy atom. The van der Waals surface area contributed by atoms with Gasteiger partial charge in [-0.05, 0) is 6.92 Å². The second-order valence-corrected chi connectivity index (χ2v) is 4.61. The van der Waals surface area contributed by atoms with Crippen LogP contribution in [0.25, 0.3) is 0 Å². The molecule has 0 saturated carbocycles. The van der Waals surface area contributed by atoms with Gasteiger partial charge in [-0.1, -0.05) is 11.6 Å². The Morgan fingerprint density at radius 1 is 1.41 bits per heavy atom. The highest BCUT2D eigenvalue weighted by Gasteiger charge is 2.15. The number of carbonyl (C=O) groups excluding carboxylic acids is 1. The third-order valence-corrected chi connectivity index (χ3v) is 2.66. The van der Waals surface area contributed by atoms with E-state index in [0.717, 1.165) is 24.0 Å². The summed E-state index contributed by atoms with van der Waals surface area (Å²) in [5.74, 6) is -0.378. The Kier molecular flexibility index (Phi) is 10.9. The molecule has 0 fully saturated rings. The molecule has 0 aliphatic heterocycles. The minimum Gasteiger partial charge on any atom is -1.00 e. The van der Waals surface area contributed by atoms with Gasteiger partial charge in [0.2, 0.25) is 0 Å². The normalized spacial score (nSPS) is 11.9. The van der Waals surface area contributed by atoms with Gasteiger partial charge >= 0.3 is 5.97 Å². The number of halogens is 2. The van der Waals surface area contributed by atoms with Crippen LogP contribution in [0.1, 0.15) is 13.3 Å². The molecule has 0 aromatic heterocycles. The second-order valence-electron chi connectivity index (χ2n) is 4.39. The number of likely N-dealkylation sites (N-methyl/N-ethyl adjacent to an activating group) is 1. The number of nitrogens with zero attached hydrogens (tertiary/aromatic N) is 1. The number of esters is 1. The van der Waals surface area contributed by atoms with E-state index < -0.39 is 0 Å². The molecule has 0 saturated heterocycles. The Labute approximate surface area is 114 Å². The topological polar surface area (TPSA) is 46.5 Å². The van der Waals surface area contributed by atoms with Gasteiger partial charge in [-0.15, -0.1) is 0 Å². The number of hydrogen-bond acceptors (Lipinski definition) is 3. The number of hydrogen-bond donors (Lipinski definition) is 1. The highest BCUT2D eigenvalue weighted by molar-refractivity contribution is 6.27. The average Bonchev–Trinajstić information content (AvgIpc) is 2.24. The molecule has 0 spiro atoms. The van der Waals surface area contributed by atoms with Crippen LogP contribution in [0.5, 0.6) is 0 Å². The molecule has 102 valence electrons. The molecular weight excluding hydrogens is 265 g/mol. The molecule has 0 amide bonds. The molecule has 6 heteroatoms. The summed E-state index contributed by atoms with van der Waals surface area (Å²) in [5, 5.41) is 8.73. The molecule has 0 aromatic rings. The van der Waals surface area contributed by atoms with Crippen molar-refractivity contribution in [3.63, 3.8) is 0 Å². The Balaban J connectivity index is 0. The first-order chi connectivity index (χ1) is 7.43. The standard InChI is InChI=1S/C11H21ClNO3.ClH/c1-10(9-12)11(15)16-8-6-13(2,3)5-4-7-14;/h9,14H,4-8H2,1-3H3;1H/q+1;/p-1. The fourth-order valence-corrected chi connectivity index (χ4v) is 1.24. The van der Waals surface area contributed by atoms with E-state index in [4.69, 9.17) is 21.4 Å². The summed E-state index contributed by atoms with van der Waals surface area (Å²) in [4.78, 5) is 11.3. The predicted molar refractivity (Wildman–Crippen MR) is 64.1 cm³/mol. The highest BCUT2D eigenvalue weighted by Crippen LogP contribution is 2.02. The van der Waals surface area contributed by atoms with E-state index in [1.807, 2.05) is 14.1 Å². The number of ether oxygens (including phenoxy) is 1. The van der Waals surface area contributed by atoms with Gasteiger partial charge in [-0.25, -0.2) is 4.79 Å². The largest absolute Gasteiger partial charge is 1.00 e. The van der Waals surface area contributed by atoms with Gasteiger partial charge in [0.1, 0.15) is 13.2 Å². The van der Waals surface area contributed by atoms with E-state index in [9.17, 15) is 4.79 Å². The second kappa shape index (κ2) is 9.71. The van der Waals surface area contributed by atoms with Crippen molar-refractivity contribution in [3.05, 3.63) is 11.1 Å². The zero-order valence-electron chi connectivity index (χ0n) is 10.6. The summed E-state index contributed by atoms with van der Waals surface area (Å²) in [6.07, 6.45) is 0.752. The van der Waals surface area contributed by atoms with Crippen LogP contribution in [-0.2, 0) is 9.53 Å². The number of aliphatic hydroxyl groups excluding tert-OH is 1. The number of aliphatic hydroxyl groups is 1. The Morgan fingerprint density at radius 3 is 2.47 bits per heavy atom. The average molecular weight is 286 g/mol. The van der Waals surface area contributed by atoms with E-state index in [-0.39, 0.29) is 25.0 Å². The van der Waals surface area contributed by atoms with Gasteiger partial charge in [0.25, 0.3) is 0 Å². The molecule has 0 aliphatic carbocycles. The molecule has 17 heavy (non-hydrogen) atoms. The van der Waals surface area contributed by atoms with Gasteiger partial charge in [0.15, 0.2) is 0 Å². The van der Waals surface area contributed by atoms with Crippen molar-refractivity contribution < 1.29 is 31.5 Å². The first kappa shape index (κ1) is 19.1. The van der Waals surface area contributed by atoms with Crippen molar-refractivity contribution in [2.24, 2.45) is 0 Å². The van der Waals surface area contributed by atoms with E-state index in [2.05, 4.69) is 0 Å². The first-order valence-corrected chi connectivity index (χ1v) is 5.73. The molecule has 0 unspecified atom stereocenters. The van der Waals surface area contributed by atoms with Crippen molar-refractivity contribution in [1.29, 1.82) is 0 Å². The summed E-state index contributed by atoms with van der Waals surface area (Å²) in [6, 6.07) is 0. The molecule has 1 N–H and O–H groups in total. The summed E-state index contributed by atoms with van der Waals surface area (Å²) in [7, 11) is 4.07. The molecule has 4 nitrogen and oxygen atoms in total. The van der Waals surface area contributed by atoms with Crippen LogP contribution >= 0.6 is 11.6 Å². The van der Waals surface area contributed by atoms with Crippen molar-refractivity contribution >= 4 is 17.6 Å². The molecule has 0 atom stereocenters. The van der Waals surface area contributed by atoms with Crippen molar-refractivity contribution in [2.75, 3.05) is 40.4 Å². The third kappa shape index (κ3) is 9.41. The van der Waals surface area contributed by atoms with E-state index in [0.29, 0.717) is 12.2 Å². The zero-order chi connectivity index (χ0) is 12.6. The molecule has 0 aliphatic rings. The molecular formula is C11H21Cl2NO3. The number of quaternary nitrogens is 1. The molecule has 0 heterocycles. The quantitative estimate of drug-likeness (QED) is 0.339. The van der Waals surface area contributed by atoms with E-state index >= 15 is 0 Å². The lowest BCUT2D eigenvalue weighted by Crippen LogP contribution is -3.00. The van der Waals surface area contributed by atoms with Gasteiger partial charge in [-0.2, -0.15) is 0 Å². The van der Waals surface area contributed by atoms with Crippen molar-refractivity contribution in [3.8, 4) is 0 Å². The maximum Gasteiger partial charge on any atom is 0.334 e. The highest BCUT2D eigenvalue weighted by atomic mass is 35.5. The lowest BCUT2D eigenvalue weighted by atomic mass is 10.3. The monoisotopic (exact) mass is 285 g/mol. The molecule has 0 rings (SSSR count). The third-order valence-electron chi connectivity index (χ3n) is 2.34. The first-order valence-electron chi connectivity index (χ1n) is 5.30. The molecule has 0 aromatic carbocycles. The SMILES string of the molecule is CC(=CCl)C(=O)OCC[N+](C)(C)CCCO.[Cl-]. The van der Waals surface area contributed by atoms with Crippen LogP contribution < -0.4 is 12.4 Å². The maximum absolute atomic E-state index is 11.3. The van der Waals surface area contributed by atoms with Crippen LogP contribution in [0.15, 0.2) is 11.1 Å². The lowest BCUT2D eigenvalue weighted by molar-refractivity contribution is -0.890. The zero-order valence-corrected chi connectivity index (χ0v) is 12.1. The number of rotatable bonds is 7. The van der Waals surface area contributed by atoms with Crippen molar-refractivity contribution in [1.82, 2.24) is 0 Å². The van der Waals surface area contributed by atoms with Gasteiger partial charge in [-0.3, -0.25) is 0 Å². The summed E-state index contributed by atoms with van der Waals surface area (Å²) in [6.45, 7) is 3.75. The van der Waals surface area contributed by atoms with Crippen LogP contribution in [0, 0.1) is 0 Å². The minimum absolute atomic E-state index is 0. The van der Waals surface area contributed by atoms with Crippen molar-refractivity contribution in [2.45, 2.75) is 13.3 Å². The van der Waals surface area contributed by atoms with E-state index in [1.165, 1.54) is 5.54 Å². The minimum atomic E-state index is -0.378. The smallest absolute Gasteiger partial charge is 0.334 e. The Bertz CT molecular complexity index is 255. The van der Waals surface area contributed by atoms with Gasteiger partial charge in [0.05, 0.1) is 20.6 Å². The lowest BCUT2D eigenvalue weighted by Gasteiger charge is -2.29. The van der Waals surface area contributed by atoms with E-state index in [1.54, 1.807) is 6.92 Å². The summed E-state index contributed by atoms with van der Waals surface area (Å²) in [5.41, 5.74) is 1.62. The summed E-state index contributed by atoms with van der Waals surface area (Å²) >= 11 is 5.39. The number of carbonyl (C=O) groups is 1. The van der Waals surface area contributed by atoms with Gasteiger partial charge in [0, 0.05) is 24.1 Å². The maximum atomic E-state index is 11.3. The van der Waals surface area contributed by atoms with Crippen LogP contribution in [0.4, 0.5) is 0 Å². The molecule has 0 radical (unpaired) electrons. The fraction of sp³-hybridized carbons (Fsp3) is 0.727. The van der Waals surface area contributed by atoms with Crippen LogP contribution in [0.2, 0.25) is 0 Å². The predicted octanol–water partition coefficient (Wildman–Crippen LogP) is -1.86. The summed E-state index contributed by atoms with van der Waals surface area (Å²) < 4.78 is 5.76.